The number of rotatable bonds is 7. The lowest BCUT2D eigenvalue weighted by Crippen LogP contribution is -2.41. The molecule has 3 aromatic rings. The number of anilines is 3. The number of fused-ring (bicyclic) bond motifs is 1. The van der Waals surface area contributed by atoms with E-state index >= 15 is 0 Å². The van der Waals surface area contributed by atoms with Crippen LogP contribution in [0.2, 0.25) is 10.0 Å². The highest BCUT2D eigenvalue weighted by Crippen LogP contribution is 2.36. The molecule has 0 saturated carbocycles. The number of nitrogen functional groups attached to an aromatic ring is 1. The highest BCUT2D eigenvalue weighted by Gasteiger charge is 2.37. The van der Waals surface area contributed by atoms with Gasteiger partial charge in [-0.3, -0.25) is 19.3 Å². The van der Waals surface area contributed by atoms with Gasteiger partial charge in [0.1, 0.15) is 18.9 Å². The molecule has 0 saturated heterocycles. The van der Waals surface area contributed by atoms with E-state index in [1.54, 1.807) is 55.6 Å². The number of nitrogens with zero attached hydrogens (tertiary/aromatic N) is 2. The maximum Gasteiger partial charge on any atom is 0.262 e. The third-order valence-corrected chi connectivity index (χ3v) is 6.56. The van der Waals surface area contributed by atoms with Gasteiger partial charge in [-0.05, 0) is 36.4 Å². The number of ether oxygens (including phenoxy) is 1. The SMILES string of the molecule is CNc1cccc(OCc2c(Cl)ccc(N(C)C(=O)CN3C(=O)c4ccccc4C3=O)c2Cl)c1N. The van der Waals surface area contributed by atoms with Gasteiger partial charge in [-0.1, -0.05) is 41.4 Å². The van der Waals surface area contributed by atoms with E-state index in [1.807, 2.05) is 6.07 Å². The van der Waals surface area contributed by atoms with Crippen molar-refractivity contribution in [2.75, 3.05) is 36.6 Å². The van der Waals surface area contributed by atoms with E-state index in [0.717, 1.165) is 4.90 Å². The first-order valence-electron chi connectivity index (χ1n) is 10.6. The third kappa shape index (κ3) is 4.50. The monoisotopic (exact) mass is 512 g/mol. The number of halogens is 2. The first-order chi connectivity index (χ1) is 16.7. The van der Waals surface area contributed by atoms with Gasteiger partial charge < -0.3 is 20.7 Å². The van der Waals surface area contributed by atoms with Crippen LogP contribution in [0, 0.1) is 0 Å². The molecule has 0 aliphatic carbocycles. The van der Waals surface area contributed by atoms with E-state index in [0.29, 0.717) is 33.4 Å². The van der Waals surface area contributed by atoms with Crippen LogP contribution in [0.1, 0.15) is 26.3 Å². The number of para-hydroxylation sites is 1. The quantitative estimate of drug-likeness (QED) is 0.357. The van der Waals surface area contributed by atoms with Gasteiger partial charge in [-0.2, -0.15) is 0 Å². The predicted octanol–water partition coefficient (Wildman–Crippen LogP) is 4.46. The number of likely N-dealkylation sites (N-methyl/N-ethyl adjacent to an activating group) is 1. The summed E-state index contributed by atoms with van der Waals surface area (Å²) >= 11 is 13.0. The van der Waals surface area contributed by atoms with Crippen molar-refractivity contribution in [1.82, 2.24) is 4.90 Å². The number of carbonyl (C=O) groups is 3. The molecule has 8 nitrogen and oxygen atoms in total. The molecule has 3 amide bonds. The van der Waals surface area contributed by atoms with Gasteiger partial charge in [0.2, 0.25) is 5.91 Å². The van der Waals surface area contributed by atoms with Crippen LogP contribution in [0.5, 0.6) is 5.75 Å². The van der Waals surface area contributed by atoms with E-state index in [9.17, 15) is 14.4 Å². The van der Waals surface area contributed by atoms with E-state index in [1.165, 1.54) is 11.9 Å². The largest absolute Gasteiger partial charge is 0.487 e. The summed E-state index contributed by atoms with van der Waals surface area (Å²) in [7, 11) is 3.26. The summed E-state index contributed by atoms with van der Waals surface area (Å²) in [6.45, 7) is -0.426. The Hall–Kier alpha value is -3.75. The van der Waals surface area contributed by atoms with Crippen molar-refractivity contribution in [3.8, 4) is 5.75 Å². The summed E-state index contributed by atoms with van der Waals surface area (Å²) in [6.07, 6.45) is 0. The van der Waals surface area contributed by atoms with E-state index in [2.05, 4.69) is 5.32 Å². The summed E-state index contributed by atoms with van der Waals surface area (Å²) < 4.78 is 5.86. The molecule has 1 heterocycles. The van der Waals surface area contributed by atoms with Gasteiger partial charge in [0.25, 0.3) is 11.8 Å². The van der Waals surface area contributed by atoms with Crippen LogP contribution < -0.4 is 20.7 Å². The third-order valence-electron chi connectivity index (χ3n) is 5.78. The maximum atomic E-state index is 13.0. The number of nitrogens with two attached hydrogens (primary N) is 1. The highest BCUT2D eigenvalue weighted by atomic mass is 35.5. The molecule has 0 fully saturated rings. The Morgan fingerprint density at radius 1 is 1.03 bits per heavy atom. The molecule has 0 radical (unpaired) electrons. The lowest BCUT2D eigenvalue weighted by molar-refractivity contribution is -0.118. The summed E-state index contributed by atoms with van der Waals surface area (Å²) in [5.74, 6) is -1.07. The first-order valence-corrected chi connectivity index (χ1v) is 11.4. The number of nitrogens with one attached hydrogen (secondary N) is 1. The standard InChI is InChI=1S/C25H22Cl2N4O4/c1-29-18-8-5-9-20(23(18)28)35-13-16-17(26)10-11-19(22(16)27)30(2)21(32)12-31-24(33)14-6-3-4-7-15(14)25(31)34/h3-11,29H,12-13,28H2,1-2H3. The second-order valence-corrected chi connectivity index (χ2v) is 8.60. The molecule has 0 bridgehead atoms. The Kier molecular flexibility index (Phi) is 6.86. The predicted molar refractivity (Wildman–Crippen MR) is 136 cm³/mol. The number of benzene rings is 3. The van der Waals surface area contributed by atoms with Gasteiger partial charge >= 0.3 is 0 Å². The normalized spacial score (nSPS) is 12.5. The second kappa shape index (κ2) is 9.85. The first kappa shape index (κ1) is 24.4. The minimum Gasteiger partial charge on any atom is -0.487 e. The number of hydrogen-bond acceptors (Lipinski definition) is 6. The van der Waals surface area contributed by atoms with Crippen molar-refractivity contribution in [2.24, 2.45) is 0 Å². The molecule has 3 N–H and O–H groups in total. The Morgan fingerprint density at radius 2 is 1.69 bits per heavy atom. The average molecular weight is 513 g/mol. The molecule has 35 heavy (non-hydrogen) atoms. The zero-order valence-electron chi connectivity index (χ0n) is 19.0. The topological polar surface area (TPSA) is 105 Å². The molecule has 1 aliphatic heterocycles. The Labute approximate surface area is 212 Å². The molecule has 0 spiro atoms. The van der Waals surface area contributed by atoms with Gasteiger partial charge in [0, 0.05) is 24.7 Å². The fourth-order valence-corrected chi connectivity index (χ4v) is 4.38. The maximum absolute atomic E-state index is 13.0. The van der Waals surface area contributed by atoms with Crippen molar-refractivity contribution >= 4 is 58.0 Å². The van der Waals surface area contributed by atoms with Crippen LogP contribution in [0.15, 0.2) is 54.6 Å². The molecule has 0 unspecified atom stereocenters. The van der Waals surface area contributed by atoms with Gasteiger partial charge in [-0.25, -0.2) is 0 Å². The van der Waals surface area contributed by atoms with Crippen LogP contribution in [-0.4, -0.2) is 43.3 Å². The highest BCUT2D eigenvalue weighted by molar-refractivity contribution is 6.38. The smallest absolute Gasteiger partial charge is 0.262 e. The van der Waals surface area contributed by atoms with Crippen molar-refractivity contribution in [3.05, 3.63) is 81.3 Å². The van der Waals surface area contributed by atoms with Crippen LogP contribution in [-0.2, 0) is 11.4 Å². The van der Waals surface area contributed by atoms with Gasteiger partial charge in [0.05, 0.1) is 33.2 Å². The van der Waals surface area contributed by atoms with E-state index in [4.69, 9.17) is 33.7 Å². The lowest BCUT2D eigenvalue weighted by Gasteiger charge is -2.23. The summed E-state index contributed by atoms with van der Waals surface area (Å²) in [5.41, 5.74) is 8.64. The van der Waals surface area contributed by atoms with Crippen LogP contribution in [0.4, 0.5) is 17.1 Å². The van der Waals surface area contributed by atoms with Gasteiger partial charge in [-0.15, -0.1) is 0 Å². The molecule has 0 atom stereocenters. The number of amides is 3. The second-order valence-electron chi connectivity index (χ2n) is 7.81. The van der Waals surface area contributed by atoms with Crippen LogP contribution in [0.25, 0.3) is 0 Å². The number of carbonyl (C=O) groups excluding carboxylic acids is 3. The van der Waals surface area contributed by atoms with Crippen LogP contribution in [0.3, 0.4) is 0 Å². The van der Waals surface area contributed by atoms with E-state index in [-0.39, 0.29) is 22.8 Å². The Morgan fingerprint density at radius 3 is 2.31 bits per heavy atom. The lowest BCUT2D eigenvalue weighted by atomic mass is 10.1. The molecule has 0 aromatic heterocycles. The molecule has 10 heteroatoms. The molecule has 180 valence electrons. The molecular formula is C25H22Cl2N4O4. The Bertz CT molecular complexity index is 1310. The average Bonchev–Trinajstić information content (AvgIpc) is 3.09. The fraction of sp³-hybridized carbons (Fsp3) is 0.160. The Balaban J connectivity index is 1.52. The molecule has 3 aromatic carbocycles. The van der Waals surface area contributed by atoms with Crippen LogP contribution >= 0.6 is 23.2 Å². The van der Waals surface area contributed by atoms with Gasteiger partial charge in [0.15, 0.2) is 0 Å². The summed E-state index contributed by atoms with van der Waals surface area (Å²) in [4.78, 5) is 40.5. The molecule has 4 rings (SSSR count). The van der Waals surface area contributed by atoms with E-state index < -0.39 is 24.3 Å². The summed E-state index contributed by atoms with van der Waals surface area (Å²) in [5, 5.41) is 3.54. The zero-order chi connectivity index (χ0) is 25.3. The molecule has 1 aliphatic rings. The number of hydrogen-bond donors (Lipinski definition) is 2. The minimum absolute atomic E-state index is 0.00328. The van der Waals surface area contributed by atoms with Crippen molar-refractivity contribution in [3.63, 3.8) is 0 Å². The number of imide groups is 1. The van der Waals surface area contributed by atoms with Crippen molar-refractivity contribution in [2.45, 2.75) is 6.61 Å². The molecular weight excluding hydrogens is 491 g/mol. The van der Waals surface area contributed by atoms with Crippen molar-refractivity contribution in [1.29, 1.82) is 0 Å². The minimum atomic E-state index is -0.509. The summed E-state index contributed by atoms with van der Waals surface area (Å²) in [6, 6.07) is 15.0. The fourth-order valence-electron chi connectivity index (χ4n) is 3.77. The van der Waals surface area contributed by atoms with Crippen molar-refractivity contribution < 1.29 is 19.1 Å². The zero-order valence-corrected chi connectivity index (χ0v) is 20.5.